The van der Waals surface area contributed by atoms with Crippen LogP contribution in [-0.2, 0) is 21.5 Å². The molecule has 0 bridgehead atoms. The summed E-state index contributed by atoms with van der Waals surface area (Å²) in [6, 6.07) is 17.4. The monoisotopic (exact) mass is 542 g/mol. The Morgan fingerprint density at radius 1 is 0.950 bits per heavy atom. The van der Waals surface area contributed by atoms with Crippen molar-refractivity contribution in [2.24, 2.45) is 0 Å². The van der Waals surface area contributed by atoms with Gasteiger partial charge in [-0.05, 0) is 24.1 Å². The molecule has 11 heteroatoms. The number of hydrogen-bond donors (Lipinski definition) is 2. The summed E-state index contributed by atoms with van der Waals surface area (Å²) in [5.41, 5.74) is 2.46. The van der Waals surface area contributed by atoms with Crippen LogP contribution in [0.15, 0.2) is 69.9 Å². The summed E-state index contributed by atoms with van der Waals surface area (Å²) in [5.74, 6) is -1.17. The van der Waals surface area contributed by atoms with E-state index in [0.717, 1.165) is 10.6 Å². The molecule has 0 spiro atoms. The highest BCUT2D eigenvalue weighted by Crippen LogP contribution is 2.32. The van der Waals surface area contributed by atoms with Gasteiger partial charge in [0.15, 0.2) is 0 Å². The largest absolute Gasteiger partial charge is 0.418 e. The van der Waals surface area contributed by atoms with Crippen LogP contribution in [0.2, 0.25) is 0 Å². The Morgan fingerprint density at radius 2 is 1.60 bits per heavy atom. The Hall–Kier alpha value is -4.93. The number of amides is 2. The molecule has 0 aliphatic heterocycles. The van der Waals surface area contributed by atoms with Gasteiger partial charge in [-0.15, -0.1) is 10.2 Å². The van der Waals surface area contributed by atoms with Crippen LogP contribution in [0.1, 0.15) is 51.2 Å². The molecular weight excluding hydrogens is 512 g/mol. The Kier molecular flexibility index (Phi) is 8.03. The van der Waals surface area contributed by atoms with Crippen LogP contribution >= 0.6 is 0 Å². The fourth-order valence-corrected chi connectivity index (χ4v) is 3.69. The Balaban J connectivity index is 0.000000534. The van der Waals surface area contributed by atoms with Crippen molar-refractivity contribution in [3.63, 3.8) is 0 Å². The highest BCUT2D eigenvalue weighted by molar-refractivity contribution is 5.98. The van der Waals surface area contributed by atoms with E-state index < -0.39 is 35.3 Å². The van der Waals surface area contributed by atoms with Crippen LogP contribution < -0.4 is 16.2 Å². The topological polar surface area (TPSA) is 149 Å². The number of rotatable bonds is 7. The lowest BCUT2D eigenvalue weighted by atomic mass is 9.97. The number of carbonyl (C=O) groups is 3. The maximum atomic E-state index is 12.8. The highest BCUT2D eigenvalue weighted by Gasteiger charge is 2.27. The first kappa shape index (κ1) is 28.1. The van der Waals surface area contributed by atoms with Gasteiger partial charge in [-0.1, -0.05) is 69.3 Å². The molecule has 1 unspecified atom stereocenters. The molecule has 0 fully saturated rings. The number of nitrogens with one attached hydrogen (secondary N) is 2. The first-order chi connectivity index (χ1) is 18.9. The molecule has 0 saturated carbocycles. The van der Waals surface area contributed by atoms with E-state index in [9.17, 15) is 19.2 Å². The number of anilines is 1. The van der Waals surface area contributed by atoms with E-state index in [0.29, 0.717) is 11.5 Å². The van der Waals surface area contributed by atoms with Crippen molar-refractivity contribution in [1.82, 2.24) is 25.1 Å². The van der Waals surface area contributed by atoms with E-state index in [1.807, 2.05) is 20.8 Å². The maximum Gasteiger partial charge on any atom is 0.286 e. The quantitative estimate of drug-likeness (QED) is 0.296. The lowest BCUT2D eigenvalue weighted by Gasteiger charge is -2.15. The molecule has 2 aliphatic carbocycles. The first-order valence-electron chi connectivity index (χ1n) is 12.7. The zero-order chi connectivity index (χ0) is 29.0. The zero-order valence-electron chi connectivity index (χ0n) is 22.9. The average molecular weight is 543 g/mol. The molecule has 2 aliphatic rings. The molecule has 5 rings (SSSR count). The van der Waals surface area contributed by atoms with Crippen LogP contribution in [0.3, 0.4) is 0 Å². The second kappa shape index (κ2) is 11.4. The van der Waals surface area contributed by atoms with E-state index >= 15 is 0 Å². The van der Waals surface area contributed by atoms with Crippen molar-refractivity contribution < 1.29 is 18.8 Å². The third kappa shape index (κ3) is 6.93. The summed E-state index contributed by atoms with van der Waals surface area (Å²) >= 11 is 0. The maximum absolute atomic E-state index is 12.8. The molecule has 2 heterocycles. The van der Waals surface area contributed by atoms with Gasteiger partial charge < -0.3 is 15.1 Å². The molecule has 2 amide bonds. The number of nitrogens with zero attached hydrogens (tertiary/aromatic N) is 4. The minimum Gasteiger partial charge on any atom is -0.418 e. The molecule has 1 aromatic carbocycles. The van der Waals surface area contributed by atoms with Crippen LogP contribution in [0, 0.1) is 0 Å². The van der Waals surface area contributed by atoms with E-state index in [1.54, 1.807) is 30.3 Å². The van der Waals surface area contributed by atoms with Crippen molar-refractivity contribution in [2.45, 2.75) is 52.6 Å². The molecule has 0 saturated heterocycles. The molecule has 2 N–H and O–H groups in total. The summed E-state index contributed by atoms with van der Waals surface area (Å²) in [6.45, 7) is 7.99. The minimum atomic E-state index is -0.969. The molecule has 2 aromatic heterocycles. The second-order valence-electron chi connectivity index (χ2n) is 10.3. The number of carbonyl (C=O) groups excluding carboxylic acids is 3. The number of fused-ring (bicyclic) bond motifs is 1. The third-order valence-electron chi connectivity index (χ3n) is 5.81. The van der Waals surface area contributed by atoms with Gasteiger partial charge in [0, 0.05) is 24.0 Å². The van der Waals surface area contributed by atoms with Gasteiger partial charge >= 0.3 is 0 Å². The van der Waals surface area contributed by atoms with Gasteiger partial charge in [0.05, 0.1) is 6.04 Å². The SMILES string of the molecule is CC(=O)Nc1cc(=O)n(CC(=O)NC(C)C(=O)c2nnc(C(C)(C)C)o2)c(-c2ccccc2)n1.c1cc2cc-2c1. The van der Waals surface area contributed by atoms with Gasteiger partial charge in [0.25, 0.3) is 11.4 Å². The Bertz CT molecular complexity index is 1600. The fraction of sp³-hybridized carbons (Fsp3) is 0.276. The normalized spacial score (nSPS) is 12.0. The molecular formula is C29H30N6O5. The van der Waals surface area contributed by atoms with E-state index in [1.165, 1.54) is 25.0 Å². The van der Waals surface area contributed by atoms with Crippen LogP contribution in [0.5, 0.6) is 0 Å². The minimum absolute atomic E-state index is 0.0719. The Morgan fingerprint density at radius 3 is 2.12 bits per heavy atom. The predicted octanol–water partition coefficient (Wildman–Crippen LogP) is 3.60. The average Bonchev–Trinajstić information content (AvgIpc) is 3.26. The van der Waals surface area contributed by atoms with Gasteiger partial charge in [-0.3, -0.25) is 23.7 Å². The number of hydrogen-bond acceptors (Lipinski definition) is 8. The molecule has 11 nitrogen and oxygen atoms in total. The second-order valence-corrected chi connectivity index (χ2v) is 10.3. The molecule has 206 valence electrons. The number of ketones is 1. The third-order valence-corrected chi connectivity index (χ3v) is 5.81. The van der Waals surface area contributed by atoms with Crippen molar-refractivity contribution >= 4 is 23.4 Å². The standard InChI is InChI=1S/C23H26N6O5.C6H4/c1-13(19(33)21-27-28-22(34-21)23(3,4)5)24-17(31)12-29-18(32)11-16(25-14(2)30)26-20(29)15-9-7-6-8-10-15;1-2-5-4-6(5)3-1/h6-11,13H,12H2,1-5H3,(H,24,31)(H,25,30);1-4H. The number of Topliss-reactive ketones (excluding diaryl/α,β-unsaturated/α-hetero) is 1. The lowest BCUT2D eigenvalue weighted by molar-refractivity contribution is -0.122. The summed E-state index contributed by atoms with van der Waals surface area (Å²) in [7, 11) is 0. The van der Waals surface area contributed by atoms with Crippen molar-refractivity contribution in [1.29, 1.82) is 0 Å². The highest BCUT2D eigenvalue weighted by atomic mass is 16.4. The zero-order valence-corrected chi connectivity index (χ0v) is 22.9. The molecule has 1 atom stereocenters. The van der Waals surface area contributed by atoms with Crippen LogP contribution in [-0.4, -0.2) is 43.4 Å². The lowest BCUT2D eigenvalue weighted by Crippen LogP contribution is -2.42. The Labute approximate surface area is 230 Å². The number of aromatic nitrogens is 4. The van der Waals surface area contributed by atoms with Crippen LogP contribution in [0.25, 0.3) is 22.5 Å². The molecule has 40 heavy (non-hydrogen) atoms. The van der Waals surface area contributed by atoms with Crippen molar-refractivity contribution in [3.8, 4) is 22.5 Å². The fourth-order valence-electron chi connectivity index (χ4n) is 3.69. The summed E-state index contributed by atoms with van der Waals surface area (Å²) in [6.07, 6.45) is 0. The summed E-state index contributed by atoms with van der Waals surface area (Å²) < 4.78 is 6.61. The van der Waals surface area contributed by atoms with Gasteiger partial charge in [-0.2, -0.15) is 0 Å². The van der Waals surface area contributed by atoms with Crippen molar-refractivity contribution in [2.75, 3.05) is 5.32 Å². The summed E-state index contributed by atoms with van der Waals surface area (Å²) in [5, 5.41) is 12.7. The molecule has 3 aromatic rings. The van der Waals surface area contributed by atoms with E-state index in [4.69, 9.17) is 4.42 Å². The van der Waals surface area contributed by atoms with Gasteiger partial charge in [0.2, 0.25) is 23.5 Å². The van der Waals surface area contributed by atoms with Crippen molar-refractivity contribution in [3.05, 3.63) is 82.8 Å². The van der Waals surface area contributed by atoms with Crippen LogP contribution in [0.4, 0.5) is 5.82 Å². The van der Waals surface area contributed by atoms with Gasteiger partial charge in [-0.25, -0.2) is 4.98 Å². The predicted molar refractivity (Wildman–Crippen MR) is 149 cm³/mol. The van der Waals surface area contributed by atoms with E-state index in [-0.39, 0.29) is 23.4 Å². The van der Waals surface area contributed by atoms with Gasteiger partial charge in [0.1, 0.15) is 18.2 Å². The van der Waals surface area contributed by atoms with E-state index in [2.05, 4.69) is 50.1 Å². The smallest absolute Gasteiger partial charge is 0.286 e. The number of benzene rings is 2. The summed E-state index contributed by atoms with van der Waals surface area (Å²) in [4.78, 5) is 53.9. The first-order valence-corrected chi connectivity index (χ1v) is 12.7. The molecule has 0 radical (unpaired) electrons.